The number of methoxy groups -OCH3 is 1. The molecule has 1 unspecified atom stereocenters. The molecule has 1 aliphatic carbocycles. The molecule has 1 aliphatic rings. The molecule has 3 rings (SSSR count). The van der Waals surface area contributed by atoms with Crippen LogP contribution in [0.15, 0.2) is 48.5 Å². The quantitative estimate of drug-likeness (QED) is 0.939. The fourth-order valence-electron chi connectivity index (χ4n) is 3.08. The lowest BCUT2D eigenvalue weighted by Crippen LogP contribution is -2.28. The first kappa shape index (κ1) is 13.7. The minimum absolute atomic E-state index is 0.590. The molecular formula is C18H17NO2. The molecule has 2 aromatic rings. The largest absolute Gasteiger partial charge is 0.497 e. The third kappa shape index (κ3) is 2.28. The van der Waals surface area contributed by atoms with Gasteiger partial charge in [0, 0.05) is 0 Å². The molecule has 106 valence electrons. The summed E-state index contributed by atoms with van der Waals surface area (Å²) in [6.07, 6.45) is 0.375. The Labute approximate surface area is 124 Å². The maximum absolute atomic E-state index is 10.7. The van der Waals surface area contributed by atoms with Crippen LogP contribution in [0.25, 0.3) is 0 Å². The molecule has 1 atom stereocenters. The van der Waals surface area contributed by atoms with Gasteiger partial charge in [-0.25, -0.2) is 0 Å². The van der Waals surface area contributed by atoms with Gasteiger partial charge >= 0.3 is 0 Å². The van der Waals surface area contributed by atoms with Crippen LogP contribution in [0.2, 0.25) is 0 Å². The van der Waals surface area contributed by atoms with Crippen molar-refractivity contribution in [3.8, 4) is 11.8 Å². The number of nitrogens with zero attached hydrogens (tertiary/aromatic N) is 1. The first-order valence-corrected chi connectivity index (χ1v) is 6.98. The van der Waals surface area contributed by atoms with Crippen molar-refractivity contribution in [1.29, 1.82) is 5.26 Å². The Balaban J connectivity index is 1.92. The van der Waals surface area contributed by atoms with Crippen LogP contribution >= 0.6 is 0 Å². The van der Waals surface area contributed by atoms with E-state index in [1.54, 1.807) is 7.11 Å². The van der Waals surface area contributed by atoms with Gasteiger partial charge in [0.15, 0.2) is 0 Å². The van der Waals surface area contributed by atoms with Crippen LogP contribution in [0.1, 0.15) is 22.8 Å². The van der Waals surface area contributed by atoms with Gasteiger partial charge in [-0.15, -0.1) is 0 Å². The number of hydrogen-bond acceptors (Lipinski definition) is 3. The van der Waals surface area contributed by atoms with Crippen molar-refractivity contribution in [2.45, 2.75) is 18.9 Å². The van der Waals surface area contributed by atoms with E-state index in [1.807, 2.05) is 48.5 Å². The molecule has 0 amide bonds. The van der Waals surface area contributed by atoms with Gasteiger partial charge in [0.05, 0.1) is 24.7 Å². The lowest BCUT2D eigenvalue weighted by molar-refractivity contribution is 0.0693. The summed E-state index contributed by atoms with van der Waals surface area (Å²) < 4.78 is 5.13. The van der Waals surface area contributed by atoms with Gasteiger partial charge in [-0.2, -0.15) is 5.26 Å². The van der Waals surface area contributed by atoms with E-state index in [2.05, 4.69) is 6.07 Å². The maximum Gasteiger partial charge on any atom is 0.118 e. The van der Waals surface area contributed by atoms with Crippen LogP contribution in [0, 0.1) is 16.7 Å². The lowest BCUT2D eigenvalue weighted by Gasteiger charge is -2.27. The second kappa shape index (κ2) is 5.23. The van der Waals surface area contributed by atoms with Gasteiger partial charge in [0.25, 0.3) is 0 Å². The molecule has 0 aromatic heterocycles. The molecule has 21 heavy (non-hydrogen) atoms. The third-order valence-electron chi connectivity index (χ3n) is 4.31. The van der Waals surface area contributed by atoms with Crippen LogP contribution in [0.4, 0.5) is 0 Å². The van der Waals surface area contributed by atoms with Crippen molar-refractivity contribution < 1.29 is 9.84 Å². The van der Waals surface area contributed by atoms with Crippen molar-refractivity contribution >= 4 is 0 Å². The van der Waals surface area contributed by atoms with Gasteiger partial charge in [0.1, 0.15) is 5.75 Å². The second-order valence-electron chi connectivity index (χ2n) is 5.57. The zero-order valence-corrected chi connectivity index (χ0v) is 11.9. The van der Waals surface area contributed by atoms with E-state index in [-0.39, 0.29) is 0 Å². The summed E-state index contributed by atoms with van der Waals surface area (Å²) in [7, 11) is 1.61. The van der Waals surface area contributed by atoms with E-state index in [4.69, 9.17) is 4.74 Å². The Morgan fingerprint density at radius 1 is 1.10 bits per heavy atom. The SMILES string of the molecule is COc1ccc(C(O)C2(C#N)Cc3ccccc3C2)cc1. The first-order chi connectivity index (χ1) is 10.2. The molecule has 0 aliphatic heterocycles. The van der Waals surface area contributed by atoms with Crippen molar-refractivity contribution in [2.75, 3.05) is 7.11 Å². The number of nitriles is 1. The summed E-state index contributed by atoms with van der Waals surface area (Å²) in [4.78, 5) is 0. The molecule has 1 N–H and O–H groups in total. The zero-order chi connectivity index (χ0) is 14.9. The van der Waals surface area contributed by atoms with Crippen molar-refractivity contribution in [1.82, 2.24) is 0 Å². The van der Waals surface area contributed by atoms with Gasteiger partial charge in [-0.05, 0) is 41.7 Å². The van der Waals surface area contributed by atoms with E-state index in [9.17, 15) is 10.4 Å². The highest BCUT2D eigenvalue weighted by Crippen LogP contribution is 2.45. The highest BCUT2D eigenvalue weighted by atomic mass is 16.5. The normalized spacial score (nSPS) is 16.8. The Morgan fingerprint density at radius 3 is 2.14 bits per heavy atom. The summed E-state index contributed by atoms with van der Waals surface area (Å²) in [5.74, 6) is 0.742. The summed E-state index contributed by atoms with van der Waals surface area (Å²) in [6, 6.07) is 17.7. The highest BCUT2D eigenvalue weighted by molar-refractivity contribution is 5.40. The van der Waals surface area contributed by atoms with Crippen molar-refractivity contribution in [2.24, 2.45) is 5.41 Å². The molecule has 0 saturated heterocycles. The molecule has 0 heterocycles. The first-order valence-electron chi connectivity index (χ1n) is 6.98. The van der Waals surface area contributed by atoms with E-state index < -0.39 is 11.5 Å². The molecule has 3 nitrogen and oxygen atoms in total. The summed E-state index contributed by atoms with van der Waals surface area (Å²) >= 11 is 0. The van der Waals surface area contributed by atoms with E-state index in [1.165, 1.54) is 0 Å². The van der Waals surface area contributed by atoms with Gasteiger partial charge in [-0.1, -0.05) is 36.4 Å². The Hall–Kier alpha value is -2.31. The Bertz CT molecular complexity index is 660. The topological polar surface area (TPSA) is 53.2 Å². The molecule has 0 spiro atoms. The average molecular weight is 279 g/mol. The Kier molecular flexibility index (Phi) is 3.40. The number of hydrogen-bond donors (Lipinski definition) is 1. The standard InChI is InChI=1S/C18H17NO2/c1-21-16-8-6-13(7-9-16)17(20)18(12-19)10-14-4-2-3-5-15(14)11-18/h2-9,17,20H,10-11H2,1H3. The zero-order valence-electron chi connectivity index (χ0n) is 11.9. The summed E-state index contributed by atoms with van der Waals surface area (Å²) in [5.41, 5.74) is 2.29. The molecule has 0 fully saturated rings. The van der Waals surface area contributed by atoms with Crippen LogP contribution < -0.4 is 4.74 Å². The predicted octanol–water partition coefficient (Wildman–Crippen LogP) is 3.04. The molecule has 0 bridgehead atoms. The van der Waals surface area contributed by atoms with Gasteiger partial charge < -0.3 is 9.84 Å². The molecule has 0 saturated carbocycles. The average Bonchev–Trinajstić information content (AvgIpc) is 2.94. The Morgan fingerprint density at radius 2 is 1.67 bits per heavy atom. The molecule has 2 aromatic carbocycles. The monoisotopic (exact) mass is 279 g/mol. The number of aliphatic hydroxyl groups excluding tert-OH is 1. The van der Waals surface area contributed by atoms with Crippen LogP contribution in [-0.2, 0) is 12.8 Å². The van der Waals surface area contributed by atoms with Crippen molar-refractivity contribution in [3.63, 3.8) is 0 Å². The lowest BCUT2D eigenvalue weighted by atomic mass is 9.77. The predicted molar refractivity (Wildman–Crippen MR) is 79.8 cm³/mol. The van der Waals surface area contributed by atoms with Crippen LogP contribution in [0.5, 0.6) is 5.75 Å². The number of fused-ring (bicyclic) bond motifs is 1. The number of aliphatic hydroxyl groups is 1. The third-order valence-corrected chi connectivity index (χ3v) is 4.31. The minimum atomic E-state index is -0.805. The van der Waals surface area contributed by atoms with Crippen LogP contribution in [0.3, 0.4) is 0 Å². The number of benzene rings is 2. The summed E-state index contributed by atoms with van der Waals surface area (Å²) in [5, 5.41) is 20.4. The maximum atomic E-state index is 10.7. The smallest absolute Gasteiger partial charge is 0.118 e. The van der Waals surface area contributed by atoms with Gasteiger partial charge in [0.2, 0.25) is 0 Å². The van der Waals surface area contributed by atoms with E-state index in [0.717, 1.165) is 22.4 Å². The molecule has 0 radical (unpaired) electrons. The van der Waals surface area contributed by atoms with Gasteiger partial charge in [-0.3, -0.25) is 0 Å². The fraction of sp³-hybridized carbons (Fsp3) is 0.278. The van der Waals surface area contributed by atoms with Crippen molar-refractivity contribution in [3.05, 3.63) is 65.2 Å². The highest BCUT2D eigenvalue weighted by Gasteiger charge is 2.44. The fourth-order valence-corrected chi connectivity index (χ4v) is 3.08. The number of ether oxygens (including phenoxy) is 1. The second-order valence-corrected chi connectivity index (χ2v) is 5.57. The molecular weight excluding hydrogens is 262 g/mol. The number of rotatable bonds is 3. The van der Waals surface area contributed by atoms with E-state index in [0.29, 0.717) is 12.8 Å². The van der Waals surface area contributed by atoms with E-state index >= 15 is 0 Å². The minimum Gasteiger partial charge on any atom is -0.497 e. The molecule has 3 heteroatoms. The summed E-state index contributed by atoms with van der Waals surface area (Å²) in [6.45, 7) is 0. The van der Waals surface area contributed by atoms with Crippen LogP contribution in [-0.4, -0.2) is 12.2 Å².